The van der Waals surface area contributed by atoms with Crippen molar-refractivity contribution in [2.24, 2.45) is 0 Å². The highest BCUT2D eigenvalue weighted by molar-refractivity contribution is 5.51. The Morgan fingerprint density at radius 2 is 2.12 bits per heavy atom. The average Bonchev–Trinajstić information content (AvgIpc) is 2.27. The Hall–Kier alpha value is -1.56. The third-order valence-corrected chi connectivity index (χ3v) is 2.21. The molecule has 90 valence electrons. The molecule has 6 heteroatoms. The van der Waals surface area contributed by atoms with E-state index >= 15 is 0 Å². The standard InChI is InChI=1S/C10H19N5O/c1-4-7(6-16-3)13-9-5-8(12-2)14-10(11)15-9/h5,7H,4,6H2,1-3H3,(H4,11,12,13,14,15). The van der Waals surface area contributed by atoms with Crippen molar-refractivity contribution in [3.63, 3.8) is 0 Å². The van der Waals surface area contributed by atoms with Gasteiger partial charge in [-0.05, 0) is 6.42 Å². The zero-order valence-corrected chi connectivity index (χ0v) is 9.95. The molecule has 0 fully saturated rings. The zero-order valence-electron chi connectivity index (χ0n) is 9.95. The van der Waals surface area contributed by atoms with Crippen LogP contribution in [0.1, 0.15) is 13.3 Å². The van der Waals surface area contributed by atoms with Gasteiger partial charge in [0, 0.05) is 20.2 Å². The molecule has 0 aromatic carbocycles. The van der Waals surface area contributed by atoms with Crippen molar-refractivity contribution in [3.8, 4) is 0 Å². The first kappa shape index (κ1) is 12.5. The van der Waals surface area contributed by atoms with Crippen molar-refractivity contribution >= 4 is 17.6 Å². The molecular weight excluding hydrogens is 206 g/mol. The number of rotatable bonds is 6. The third kappa shape index (κ3) is 3.54. The second kappa shape index (κ2) is 6.12. The van der Waals surface area contributed by atoms with Crippen LogP contribution in [0.4, 0.5) is 17.6 Å². The van der Waals surface area contributed by atoms with Crippen LogP contribution in [-0.4, -0.2) is 36.8 Å². The molecule has 0 aliphatic heterocycles. The molecule has 1 unspecified atom stereocenters. The van der Waals surface area contributed by atoms with Crippen molar-refractivity contribution in [1.29, 1.82) is 0 Å². The van der Waals surface area contributed by atoms with Crippen molar-refractivity contribution in [2.45, 2.75) is 19.4 Å². The molecule has 0 spiro atoms. The summed E-state index contributed by atoms with van der Waals surface area (Å²) in [5.41, 5.74) is 5.59. The molecule has 1 atom stereocenters. The molecule has 4 N–H and O–H groups in total. The van der Waals surface area contributed by atoms with Gasteiger partial charge in [0.05, 0.1) is 12.6 Å². The van der Waals surface area contributed by atoms with Gasteiger partial charge in [0.2, 0.25) is 5.95 Å². The Labute approximate surface area is 95.6 Å². The molecule has 1 aromatic rings. The average molecular weight is 225 g/mol. The topological polar surface area (TPSA) is 85.1 Å². The number of nitrogen functional groups attached to an aromatic ring is 1. The highest BCUT2D eigenvalue weighted by Gasteiger charge is 2.08. The van der Waals surface area contributed by atoms with E-state index in [0.717, 1.165) is 6.42 Å². The summed E-state index contributed by atoms with van der Waals surface area (Å²) in [4.78, 5) is 8.13. The molecule has 0 radical (unpaired) electrons. The highest BCUT2D eigenvalue weighted by Crippen LogP contribution is 2.13. The summed E-state index contributed by atoms with van der Waals surface area (Å²) in [5, 5.41) is 6.18. The summed E-state index contributed by atoms with van der Waals surface area (Å²) in [6.45, 7) is 2.72. The Kier molecular flexibility index (Phi) is 4.78. The summed E-state index contributed by atoms with van der Waals surface area (Å²) in [7, 11) is 3.47. The van der Waals surface area contributed by atoms with Crippen LogP contribution in [0.3, 0.4) is 0 Å². The van der Waals surface area contributed by atoms with Crippen LogP contribution < -0.4 is 16.4 Å². The van der Waals surface area contributed by atoms with Gasteiger partial charge in [0.1, 0.15) is 11.6 Å². The van der Waals surface area contributed by atoms with Gasteiger partial charge in [-0.3, -0.25) is 0 Å². The minimum absolute atomic E-state index is 0.226. The van der Waals surface area contributed by atoms with Gasteiger partial charge >= 0.3 is 0 Å². The lowest BCUT2D eigenvalue weighted by molar-refractivity contribution is 0.184. The molecule has 6 nitrogen and oxygen atoms in total. The Morgan fingerprint density at radius 3 is 2.69 bits per heavy atom. The summed E-state index contributed by atoms with van der Waals surface area (Å²) < 4.78 is 5.10. The first-order chi connectivity index (χ1) is 7.69. The highest BCUT2D eigenvalue weighted by atomic mass is 16.5. The molecule has 0 bridgehead atoms. The fourth-order valence-corrected chi connectivity index (χ4v) is 1.34. The van der Waals surface area contributed by atoms with Gasteiger partial charge in [-0.15, -0.1) is 0 Å². The molecule has 0 aliphatic carbocycles. The molecule has 1 rings (SSSR count). The second-order valence-electron chi connectivity index (χ2n) is 3.45. The van der Waals surface area contributed by atoms with Gasteiger partial charge in [0.15, 0.2) is 0 Å². The lowest BCUT2D eigenvalue weighted by Crippen LogP contribution is -2.24. The number of ether oxygens (including phenoxy) is 1. The van der Waals surface area contributed by atoms with Gasteiger partial charge in [0.25, 0.3) is 0 Å². The van der Waals surface area contributed by atoms with E-state index in [-0.39, 0.29) is 12.0 Å². The SMILES string of the molecule is CCC(COC)Nc1cc(NC)nc(N)n1. The number of hydrogen-bond donors (Lipinski definition) is 3. The van der Waals surface area contributed by atoms with Crippen molar-refractivity contribution in [3.05, 3.63) is 6.07 Å². The predicted molar refractivity (Wildman–Crippen MR) is 65.6 cm³/mol. The van der Waals surface area contributed by atoms with E-state index in [4.69, 9.17) is 10.5 Å². The Balaban J connectivity index is 2.74. The number of nitrogens with zero attached hydrogens (tertiary/aromatic N) is 2. The number of methoxy groups -OCH3 is 1. The Morgan fingerprint density at radius 1 is 1.44 bits per heavy atom. The number of nitrogens with two attached hydrogens (primary N) is 1. The van der Waals surface area contributed by atoms with Crippen LogP contribution in [-0.2, 0) is 4.74 Å². The molecule has 16 heavy (non-hydrogen) atoms. The van der Waals surface area contributed by atoms with E-state index in [0.29, 0.717) is 18.2 Å². The van der Waals surface area contributed by atoms with E-state index in [1.54, 1.807) is 14.2 Å². The minimum Gasteiger partial charge on any atom is -0.383 e. The lowest BCUT2D eigenvalue weighted by atomic mass is 10.2. The van der Waals surface area contributed by atoms with Gasteiger partial charge in [-0.1, -0.05) is 6.92 Å². The van der Waals surface area contributed by atoms with E-state index in [1.165, 1.54) is 0 Å². The maximum atomic E-state index is 5.59. The third-order valence-electron chi connectivity index (χ3n) is 2.21. The lowest BCUT2D eigenvalue weighted by Gasteiger charge is -2.17. The fraction of sp³-hybridized carbons (Fsp3) is 0.600. The number of anilines is 3. The van der Waals surface area contributed by atoms with Crippen molar-refractivity contribution in [1.82, 2.24) is 9.97 Å². The summed E-state index contributed by atoms with van der Waals surface area (Å²) >= 11 is 0. The maximum absolute atomic E-state index is 5.59. The molecular formula is C10H19N5O. The molecule has 1 aromatic heterocycles. The zero-order chi connectivity index (χ0) is 12.0. The van der Waals surface area contributed by atoms with Gasteiger partial charge in [-0.2, -0.15) is 9.97 Å². The fourth-order valence-electron chi connectivity index (χ4n) is 1.34. The van der Waals surface area contributed by atoms with Crippen LogP contribution in [0, 0.1) is 0 Å². The summed E-state index contributed by atoms with van der Waals surface area (Å²) in [6.07, 6.45) is 0.951. The predicted octanol–water partition coefficient (Wildman–Crippen LogP) is 0.937. The number of hydrogen-bond acceptors (Lipinski definition) is 6. The first-order valence-electron chi connectivity index (χ1n) is 5.27. The number of nitrogens with one attached hydrogen (secondary N) is 2. The molecule has 0 aliphatic rings. The molecule has 1 heterocycles. The van der Waals surface area contributed by atoms with Crippen molar-refractivity contribution < 1.29 is 4.74 Å². The van der Waals surface area contributed by atoms with Crippen LogP contribution in [0.5, 0.6) is 0 Å². The monoisotopic (exact) mass is 225 g/mol. The van der Waals surface area contributed by atoms with E-state index < -0.39 is 0 Å². The number of aromatic nitrogens is 2. The summed E-state index contributed by atoms with van der Waals surface area (Å²) in [6, 6.07) is 2.04. The van der Waals surface area contributed by atoms with Gasteiger partial charge in [-0.25, -0.2) is 0 Å². The molecule has 0 amide bonds. The van der Waals surface area contributed by atoms with Crippen LogP contribution in [0.15, 0.2) is 6.07 Å². The van der Waals surface area contributed by atoms with Gasteiger partial charge < -0.3 is 21.1 Å². The quantitative estimate of drug-likeness (QED) is 0.668. The van der Waals surface area contributed by atoms with E-state index in [9.17, 15) is 0 Å². The smallest absolute Gasteiger partial charge is 0.223 e. The Bertz CT molecular complexity index is 331. The first-order valence-corrected chi connectivity index (χ1v) is 5.27. The minimum atomic E-state index is 0.226. The van der Waals surface area contributed by atoms with Crippen LogP contribution in [0.25, 0.3) is 0 Å². The molecule has 0 saturated carbocycles. The van der Waals surface area contributed by atoms with Crippen molar-refractivity contribution in [2.75, 3.05) is 37.1 Å². The maximum Gasteiger partial charge on any atom is 0.223 e. The largest absolute Gasteiger partial charge is 0.383 e. The van der Waals surface area contributed by atoms with Crippen LogP contribution >= 0.6 is 0 Å². The summed E-state index contributed by atoms with van der Waals surface area (Å²) in [5.74, 6) is 1.66. The van der Waals surface area contributed by atoms with E-state index in [1.807, 2.05) is 6.07 Å². The van der Waals surface area contributed by atoms with E-state index in [2.05, 4.69) is 27.5 Å². The second-order valence-corrected chi connectivity index (χ2v) is 3.45. The molecule has 0 saturated heterocycles. The van der Waals surface area contributed by atoms with Crippen LogP contribution in [0.2, 0.25) is 0 Å². The normalized spacial score (nSPS) is 12.2.